The average molecular weight is 519 g/mol. The van der Waals surface area contributed by atoms with Crippen LogP contribution in [-0.4, -0.2) is 17.6 Å². The molecule has 3 aromatic rings. The van der Waals surface area contributed by atoms with Crippen molar-refractivity contribution in [3.8, 4) is 0 Å². The topological polar surface area (TPSA) is 54.5 Å². The number of Topliss-reactive ketones (excluding diaryl/α,β-unsaturated/α-hetero) is 1. The maximum atomic E-state index is 13.9. The summed E-state index contributed by atoms with van der Waals surface area (Å²) in [6.07, 6.45) is 0. The highest BCUT2D eigenvalue weighted by Gasteiger charge is 2.69. The van der Waals surface area contributed by atoms with Crippen molar-refractivity contribution >= 4 is 45.9 Å². The first-order valence-corrected chi connectivity index (χ1v) is 11.4. The van der Waals surface area contributed by atoms with Crippen molar-refractivity contribution in [3.05, 3.63) is 98.6 Å². The zero-order chi connectivity index (χ0) is 21.5. The summed E-state index contributed by atoms with van der Waals surface area (Å²) in [6, 6.07) is 23.0. The predicted octanol–water partition coefficient (Wildman–Crippen LogP) is 4.43. The molecule has 0 N–H and O–H groups in total. The van der Waals surface area contributed by atoms with Crippen LogP contribution >= 0.6 is 22.6 Å². The second kappa shape index (κ2) is 6.36. The van der Waals surface area contributed by atoms with Crippen LogP contribution in [0.1, 0.15) is 35.1 Å². The van der Waals surface area contributed by atoms with Crippen molar-refractivity contribution in [2.75, 3.05) is 4.90 Å². The molecular formula is C26H18INO3. The van der Waals surface area contributed by atoms with Crippen LogP contribution in [0, 0.1) is 15.4 Å². The molecule has 0 radical (unpaired) electrons. The fourth-order valence-electron chi connectivity index (χ4n) is 6.21. The molecule has 3 aliphatic carbocycles. The summed E-state index contributed by atoms with van der Waals surface area (Å²) in [4.78, 5) is 42.5. The van der Waals surface area contributed by atoms with E-state index in [2.05, 4.69) is 22.6 Å². The number of carbonyl (C=O) groups excluding carboxylic acids is 3. The van der Waals surface area contributed by atoms with E-state index in [0.29, 0.717) is 5.69 Å². The van der Waals surface area contributed by atoms with Gasteiger partial charge in [0.2, 0.25) is 11.8 Å². The molecule has 3 aromatic carbocycles. The Labute approximate surface area is 193 Å². The van der Waals surface area contributed by atoms with E-state index in [0.717, 1.165) is 25.8 Å². The monoisotopic (exact) mass is 519 g/mol. The van der Waals surface area contributed by atoms with Crippen LogP contribution in [0.3, 0.4) is 0 Å². The SMILES string of the molecule is CC(=O)C12c3ccccc3C(c3ccccc31)[C@@H]1C(=O)N(c3ccc(I)cc3)C(=O)[C@@H]12. The third kappa shape index (κ3) is 2.17. The Bertz CT molecular complexity index is 1250. The molecule has 2 bridgehead atoms. The highest BCUT2D eigenvalue weighted by atomic mass is 127. The fourth-order valence-corrected chi connectivity index (χ4v) is 6.57. The zero-order valence-electron chi connectivity index (χ0n) is 16.7. The molecule has 1 heterocycles. The van der Waals surface area contributed by atoms with Crippen molar-refractivity contribution in [1.29, 1.82) is 0 Å². The Morgan fingerprint density at radius 2 is 1.39 bits per heavy atom. The van der Waals surface area contributed by atoms with Crippen molar-refractivity contribution in [2.24, 2.45) is 11.8 Å². The average Bonchev–Trinajstić information content (AvgIpc) is 3.05. The number of nitrogens with zero attached hydrogens (tertiary/aromatic N) is 1. The van der Waals surface area contributed by atoms with Crippen molar-refractivity contribution < 1.29 is 14.4 Å². The molecule has 2 atom stereocenters. The van der Waals surface area contributed by atoms with Gasteiger partial charge in [-0.2, -0.15) is 0 Å². The normalized spacial score (nSPS) is 27.7. The lowest BCUT2D eigenvalue weighted by molar-refractivity contribution is -0.132. The Kier molecular flexibility index (Phi) is 3.88. The predicted molar refractivity (Wildman–Crippen MR) is 125 cm³/mol. The molecule has 0 saturated carbocycles. The molecule has 1 aliphatic heterocycles. The van der Waals surface area contributed by atoms with Gasteiger partial charge in [-0.3, -0.25) is 14.4 Å². The summed E-state index contributed by atoms with van der Waals surface area (Å²) in [5.74, 6) is -2.13. The van der Waals surface area contributed by atoms with Gasteiger partial charge < -0.3 is 0 Å². The summed E-state index contributed by atoms with van der Waals surface area (Å²) >= 11 is 2.20. The molecule has 1 saturated heterocycles. The molecule has 31 heavy (non-hydrogen) atoms. The summed E-state index contributed by atoms with van der Waals surface area (Å²) < 4.78 is 1.03. The molecule has 4 aliphatic rings. The molecule has 0 aromatic heterocycles. The Morgan fingerprint density at radius 1 is 0.839 bits per heavy atom. The molecule has 0 spiro atoms. The van der Waals surface area contributed by atoms with Crippen LogP contribution in [-0.2, 0) is 19.8 Å². The van der Waals surface area contributed by atoms with Crippen LogP contribution in [0.2, 0.25) is 0 Å². The van der Waals surface area contributed by atoms with Crippen molar-refractivity contribution in [3.63, 3.8) is 0 Å². The van der Waals surface area contributed by atoms with E-state index in [9.17, 15) is 14.4 Å². The van der Waals surface area contributed by atoms with Gasteiger partial charge in [0.05, 0.1) is 22.9 Å². The van der Waals surface area contributed by atoms with Gasteiger partial charge in [0, 0.05) is 9.49 Å². The summed E-state index contributed by atoms with van der Waals surface area (Å²) in [6.45, 7) is 1.56. The summed E-state index contributed by atoms with van der Waals surface area (Å²) in [5.41, 5.74) is 3.15. The van der Waals surface area contributed by atoms with Gasteiger partial charge in [0.1, 0.15) is 5.78 Å². The zero-order valence-corrected chi connectivity index (χ0v) is 18.9. The number of carbonyl (C=O) groups is 3. The Balaban J connectivity index is 1.67. The Morgan fingerprint density at radius 3 is 1.94 bits per heavy atom. The molecular weight excluding hydrogens is 501 g/mol. The first kappa shape index (κ1) is 18.9. The molecule has 2 amide bonds. The third-order valence-electron chi connectivity index (χ3n) is 7.26. The molecule has 152 valence electrons. The molecule has 1 fully saturated rings. The van der Waals surface area contributed by atoms with E-state index >= 15 is 0 Å². The standard InChI is InChI=1S/C26H18INO3/c1-14(29)26-19-8-4-2-6-17(19)21(18-7-3-5-9-20(18)26)22-23(26)25(31)28(24(22)30)16-12-10-15(27)11-13-16/h2-13,21-23H,1H3/t21?,22-,23+,26?/m0/s1. The summed E-state index contributed by atoms with van der Waals surface area (Å²) in [5, 5.41) is 0. The van der Waals surface area contributed by atoms with Gasteiger partial charge >= 0.3 is 0 Å². The minimum Gasteiger partial charge on any atom is -0.299 e. The van der Waals surface area contributed by atoms with Gasteiger partial charge in [-0.1, -0.05) is 48.5 Å². The van der Waals surface area contributed by atoms with Gasteiger partial charge in [-0.25, -0.2) is 4.90 Å². The highest BCUT2D eigenvalue weighted by Crippen LogP contribution is 2.64. The second-order valence-electron chi connectivity index (χ2n) is 8.51. The van der Waals surface area contributed by atoms with Crippen LogP contribution in [0.15, 0.2) is 72.8 Å². The minimum atomic E-state index is -1.14. The maximum Gasteiger partial charge on any atom is 0.239 e. The second-order valence-corrected chi connectivity index (χ2v) is 9.75. The van der Waals surface area contributed by atoms with E-state index in [1.807, 2.05) is 60.7 Å². The van der Waals surface area contributed by atoms with Crippen LogP contribution in [0.25, 0.3) is 0 Å². The largest absolute Gasteiger partial charge is 0.299 e. The highest BCUT2D eigenvalue weighted by molar-refractivity contribution is 14.1. The number of halogens is 1. The van der Waals surface area contributed by atoms with Crippen LogP contribution in [0.5, 0.6) is 0 Å². The Hall–Kier alpha value is -2.80. The van der Waals surface area contributed by atoms with Gasteiger partial charge in [-0.15, -0.1) is 0 Å². The molecule has 4 nitrogen and oxygen atoms in total. The lowest BCUT2D eigenvalue weighted by atomic mass is 9.46. The van der Waals surface area contributed by atoms with Crippen molar-refractivity contribution in [1.82, 2.24) is 0 Å². The lowest BCUT2D eigenvalue weighted by Gasteiger charge is -2.52. The summed E-state index contributed by atoms with van der Waals surface area (Å²) in [7, 11) is 0. The van der Waals surface area contributed by atoms with Crippen molar-refractivity contribution in [2.45, 2.75) is 18.3 Å². The number of hydrogen-bond acceptors (Lipinski definition) is 3. The van der Waals surface area contributed by atoms with E-state index < -0.39 is 17.3 Å². The van der Waals surface area contributed by atoms with E-state index in [4.69, 9.17) is 0 Å². The van der Waals surface area contributed by atoms with Gasteiger partial charge in [0.15, 0.2) is 0 Å². The van der Waals surface area contributed by atoms with Crippen LogP contribution in [0.4, 0.5) is 5.69 Å². The van der Waals surface area contributed by atoms with Gasteiger partial charge in [0.25, 0.3) is 0 Å². The van der Waals surface area contributed by atoms with E-state index in [1.165, 1.54) is 4.90 Å². The van der Waals surface area contributed by atoms with E-state index in [-0.39, 0.29) is 23.5 Å². The number of ketones is 1. The van der Waals surface area contributed by atoms with Gasteiger partial charge in [-0.05, 0) is 76.0 Å². The number of amides is 2. The smallest absolute Gasteiger partial charge is 0.239 e. The minimum absolute atomic E-state index is 0.0915. The first-order chi connectivity index (χ1) is 15.0. The maximum absolute atomic E-state index is 13.9. The number of rotatable bonds is 2. The number of hydrogen-bond donors (Lipinski definition) is 0. The lowest BCUT2D eigenvalue weighted by Crippen LogP contribution is -2.57. The quantitative estimate of drug-likeness (QED) is 0.372. The molecule has 7 rings (SSSR count). The third-order valence-corrected chi connectivity index (χ3v) is 7.98. The fraction of sp³-hybridized carbons (Fsp3) is 0.192. The molecule has 0 unspecified atom stereocenters. The first-order valence-electron chi connectivity index (χ1n) is 10.3. The number of benzene rings is 3. The number of anilines is 1. The number of imide groups is 1. The molecule has 5 heteroatoms. The van der Waals surface area contributed by atoms with Crippen LogP contribution < -0.4 is 4.90 Å². The van der Waals surface area contributed by atoms with E-state index in [1.54, 1.807) is 19.1 Å².